The fourth-order valence-electron chi connectivity index (χ4n) is 1.77. The van der Waals surface area contributed by atoms with Crippen molar-refractivity contribution in [1.82, 2.24) is 9.78 Å². The fraction of sp³-hybridized carbons (Fsp3) is 0.750. The Hall–Kier alpha value is -0.840. The molecular weight excluding hydrogens is 232 g/mol. The van der Waals surface area contributed by atoms with Gasteiger partial charge in [-0.15, -0.1) is 0 Å². The standard InChI is InChI=1S/C12H24N4S/c1-5-6-16-12(11(13)10(3)15-16)14-7-9(2)8-17-4/h9,14H,5-8,13H2,1-4H3. The van der Waals surface area contributed by atoms with Crippen molar-refractivity contribution < 1.29 is 0 Å². The molecule has 1 rings (SSSR count). The molecule has 0 aliphatic rings. The van der Waals surface area contributed by atoms with Crippen LogP contribution in [0.4, 0.5) is 11.5 Å². The van der Waals surface area contributed by atoms with E-state index in [1.54, 1.807) is 0 Å². The van der Waals surface area contributed by atoms with Crippen LogP contribution in [0.25, 0.3) is 0 Å². The molecule has 1 heterocycles. The van der Waals surface area contributed by atoms with E-state index in [0.717, 1.165) is 42.5 Å². The molecular formula is C12H24N4S. The maximum Gasteiger partial charge on any atom is 0.148 e. The first-order valence-electron chi connectivity index (χ1n) is 6.15. The lowest BCUT2D eigenvalue weighted by Gasteiger charge is -2.14. The first-order valence-corrected chi connectivity index (χ1v) is 7.55. The summed E-state index contributed by atoms with van der Waals surface area (Å²) in [5.74, 6) is 2.78. The molecule has 1 atom stereocenters. The van der Waals surface area contributed by atoms with Crippen LogP contribution in [0.2, 0.25) is 0 Å². The van der Waals surface area contributed by atoms with Crippen LogP contribution in [0.3, 0.4) is 0 Å². The highest BCUT2D eigenvalue weighted by atomic mass is 32.2. The summed E-state index contributed by atoms with van der Waals surface area (Å²) < 4.78 is 1.98. The molecule has 1 unspecified atom stereocenters. The zero-order valence-electron chi connectivity index (χ0n) is 11.3. The number of aryl methyl sites for hydroxylation is 2. The second-order valence-corrected chi connectivity index (χ2v) is 5.42. The van der Waals surface area contributed by atoms with Gasteiger partial charge in [0, 0.05) is 13.1 Å². The Morgan fingerprint density at radius 2 is 2.24 bits per heavy atom. The molecule has 5 heteroatoms. The van der Waals surface area contributed by atoms with Gasteiger partial charge in [-0.25, -0.2) is 4.68 Å². The van der Waals surface area contributed by atoms with Crippen molar-refractivity contribution in [3.8, 4) is 0 Å². The van der Waals surface area contributed by atoms with Gasteiger partial charge in [-0.1, -0.05) is 13.8 Å². The van der Waals surface area contributed by atoms with E-state index >= 15 is 0 Å². The van der Waals surface area contributed by atoms with Crippen LogP contribution in [0.15, 0.2) is 0 Å². The fourth-order valence-corrected chi connectivity index (χ4v) is 2.46. The van der Waals surface area contributed by atoms with Crippen LogP contribution in [0.5, 0.6) is 0 Å². The van der Waals surface area contributed by atoms with Crippen molar-refractivity contribution in [1.29, 1.82) is 0 Å². The Kier molecular flexibility index (Phi) is 5.68. The zero-order valence-corrected chi connectivity index (χ0v) is 12.1. The van der Waals surface area contributed by atoms with Gasteiger partial charge in [-0.3, -0.25) is 0 Å². The Balaban J connectivity index is 2.68. The average molecular weight is 256 g/mol. The number of nitrogens with zero attached hydrogens (tertiary/aromatic N) is 2. The third kappa shape index (κ3) is 3.84. The van der Waals surface area contributed by atoms with Crippen molar-refractivity contribution in [3.05, 3.63) is 5.69 Å². The Bertz CT molecular complexity index is 349. The van der Waals surface area contributed by atoms with Crippen LogP contribution < -0.4 is 11.1 Å². The summed E-state index contributed by atoms with van der Waals surface area (Å²) in [5, 5.41) is 7.88. The van der Waals surface area contributed by atoms with Gasteiger partial charge in [0.05, 0.1) is 11.4 Å². The summed E-state index contributed by atoms with van der Waals surface area (Å²) in [6.07, 6.45) is 3.20. The molecule has 0 amide bonds. The highest BCUT2D eigenvalue weighted by Crippen LogP contribution is 2.22. The van der Waals surface area contributed by atoms with Gasteiger partial charge in [-0.2, -0.15) is 16.9 Å². The van der Waals surface area contributed by atoms with E-state index in [1.807, 2.05) is 23.4 Å². The molecule has 0 fully saturated rings. The van der Waals surface area contributed by atoms with E-state index in [4.69, 9.17) is 5.73 Å². The number of nitrogen functional groups attached to an aromatic ring is 1. The molecule has 0 saturated heterocycles. The average Bonchev–Trinajstić information content (AvgIpc) is 2.54. The number of rotatable bonds is 7. The van der Waals surface area contributed by atoms with E-state index in [1.165, 1.54) is 0 Å². The van der Waals surface area contributed by atoms with E-state index in [-0.39, 0.29) is 0 Å². The molecule has 1 aromatic rings. The summed E-state index contributed by atoms with van der Waals surface area (Å²) in [5.41, 5.74) is 7.74. The number of nitrogens with one attached hydrogen (secondary N) is 1. The number of aromatic nitrogens is 2. The molecule has 0 saturated carbocycles. The van der Waals surface area contributed by atoms with E-state index in [9.17, 15) is 0 Å². The second kappa shape index (κ2) is 6.79. The summed E-state index contributed by atoms with van der Waals surface area (Å²) in [6, 6.07) is 0. The van der Waals surface area contributed by atoms with Crippen LogP contribution in [-0.2, 0) is 6.54 Å². The van der Waals surface area contributed by atoms with E-state index in [0.29, 0.717) is 5.92 Å². The molecule has 0 bridgehead atoms. The number of thioether (sulfide) groups is 1. The van der Waals surface area contributed by atoms with Crippen molar-refractivity contribution in [2.45, 2.75) is 33.7 Å². The van der Waals surface area contributed by atoms with Gasteiger partial charge >= 0.3 is 0 Å². The molecule has 0 aliphatic carbocycles. The summed E-state index contributed by atoms with van der Waals surface area (Å²) >= 11 is 1.88. The third-order valence-electron chi connectivity index (χ3n) is 2.68. The van der Waals surface area contributed by atoms with Crippen molar-refractivity contribution in [3.63, 3.8) is 0 Å². The smallest absolute Gasteiger partial charge is 0.148 e. The lowest BCUT2D eigenvalue weighted by Crippen LogP contribution is -2.17. The number of hydrogen-bond acceptors (Lipinski definition) is 4. The predicted molar refractivity (Wildman–Crippen MR) is 77.7 cm³/mol. The lowest BCUT2D eigenvalue weighted by atomic mass is 10.2. The van der Waals surface area contributed by atoms with E-state index < -0.39 is 0 Å². The number of anilines is 2. The van der Waals surface area contributed by atoms with Gasteiger partial charge in [0.1, 0.15) is 5.82 Å². The summed E-state index contributed by atoms with van der Waals surface area (Å²) in [7, 11) is 0. The summed E-state index contributed by atoms with van der Waals surface area (Å²) in [6.45, 7) is 8.20. The van der Waals surface area contributed by atoms with Crippen LogP contribution in [-0.4, -0.2) is 28.3 Å². The van der Waals surface area contributed by atoms with E-state index in [2.05, 4.69) is 30.5 Å². The maximum atomic E-state index is 6.04. The molecule has 0 radical (unpaired) electrons. The van der Waals surface area contributed by atoms with Crippen molar-refractivity contribution in [2.75, 3.05) is 29.6 Å². The van der Waals surface area contributed by atoms with Gasteiger partial charge < -0.3 is 11.1 Å². The van der Waals surface area contributed by atoms with Gasteiger partial charge in [0.25, 0.3) is 0 Å². The first kappa shape index (κ1) is 14.2. The normalized spacial score (nSPS) is 12.7. The molecule has 0 aliphatic heterocycles. The minimum atomic E-state index is 0.634. The van der Waals surface area contributed by atoms with Crippen molar-refractivity contribution >= 4 is 23.3 Å². The van der Waals surface area contributed by atoms with Gasteiger partial charge in [-0.05, 0) is 31.3 Å². The molecule has 0 spiro atoms. The SMILES string of the molecule is CCCn1nc(C)c(N)c1NCC(C)CSC. The highest BCUT2D eigenvalue weighted by molar-refractivity contribution is 7.98. The Labute approximate surface area is 108 Å². The molecule has 17 heavy (non-hydrogen) atoms. The summed E-state index contributed by atoms with van der Waals surface area (Å²) in [4.78, 5) is 0. The molecule has 0 aromatic carbocycles. The molecule has 98 valence electrons. The molecule has 1 aromatic heterocycles. The topological polar surface area (TPSA) is 55.9 Å². The third-order valence-corrected chi connectivity index (χ3v) is 3.58. The predicted octanol–water partition coefficient (Wildman–Crippen LogP) is 2.59. The molecule has 4 nitrogen and oxygen atoms in total. The maximum absolute atomic E-state index is 6.04. The van der Waals surface area contributed by atoms with Crippen molar-refractivity contribution in [2.24, 2.45) is 5.92 Å². The van der Waals surface area contributed by atoms with Crippen LogP contribution in [0, 0.1) is 12.8 Å². The largest absolute Gasteiger partial charge is 0.394 e. The Morgan fingerprint density at radius 3 is 2.82 bits per heavy atom. The molecule has 3 N–H and O–H groups in total. The minimum absolute atomic E-state index is 0.634. The monoisotopic (exact) mass is 256 g/mol. The van der Waals surface area contributed by atoms with Gasteiger partial charge in [0.2, 0.25) is 0 Å². The Morgan fingerprint density at radius 1 is 1.53 bits per heavy atom. The van der Waals surface area contributed by atoms with Crippen LogP contribution >= 0.6 is 11.8 Å². The lowest BCUT2D eigenvalue weighted by molar-refractivity contribution is 0.597. The minimum Gasteiger partial charge on any atom is -0.394 e. The number of hydrogen-bond donors (Lipinski definition) is 2. The zero-order chi connectivity index (χ0) is 12.8. The van der Waals surface area contributed by atoms with Crippen LogP contribution in [0.1, 0.15) is 26.0 Å². The van der Waals surface area contributed by atoms with Gasteiger partial charge in [0.15, 0.2) is 0 Å². The second-order valence-electron chi connectivity index (χ2n) is 4.51. The number of nitrogens with two attached hydrogens (primary N) is 1. The first-order chi connectivity index (χ1) is 8.10. The quantitative estimate of drug-likeness (QED) is 0.787. The highest BCUT2D eigenvalue weighted by Gasteiger charge is 2.12.